The van der Waals surface area contributed by atoms with Crippen LogP contribution in [0.15, 0.2) is 18.2 Å². The van der Waals surface area contributed by atoms with Crippen LogP contribution in [0.4, 0.5) is 10.1 Å². The van der Waals surface area contributed by atoms with Crippen molar-refractivity contribution in [2.45, 2.75) is 13.3 Å². The number of aliphatic hydroxyl groups excluding tert-OH is 1. The molecule has 0 bridgehead atoms. The van der Waals surface area contributed by atoms with Gasteiger partial charge in [0.1, 0.15) is 12.4 Å². The molecule has 0 heterocycles. The average Bonchev–Trinajstić information content (AvgIpc) is 2.35. The molecule has 3 N–H and O–H groups in total. The molecule has 0 atom stereocenters. The molecule has 0 aromatic heterocycles. The Morgan fingerprint density at radius 3 is 2.74 bits per heavy atom. The summed E-state index contributed by atoms with van der Waals surface area (Å²) in [7, 11) is -3.69. The van der Waals surface area contributed by atoms with Gasteiger partial charge in [0, 0.05) is 6.54 Å². The second kappa shape index (κ2) is 7.09. The summed E-state index contributed by atoms with van der Waals surface area (Å²) in [6.45, 7) is 1.77. The first-order valence-corrected chi connectivity index (χ1v) is 7.13. The van der Waals surface area contributed by atoms with Crippen LogP contribution >= 0.6 is 0 Å². The molecule has 7 heteroatoms. The second-order valence-electron chi connectivity index (χ2n) is 3.65. The van der Waals surface area contributed by atoms with E-state index in [1.807, 2.05) is 6.92 Å². The van der Waals surface area contributed by atoms with Crippen molar-refractivity contribution in [2.75, 3.05) is 17.9 Å². The summed E-state index contributed by atoms with van der Waals surface area (Å²) in [5.41, 5.74) is 0.203. The van der Waals surface area contributed by atoms with Crippen molar-refractivity contribution in [3.8, 4) is 11.8 Å². The van der Waals surface area contributed by atoms with Crippen LogP contribution in [0.25, 0.3) is 0 Å². The molecule has 0 spiro atoms. The molecule has 0 saturated heterocycles. The number of rotatable bonds is 5. The minimum atomic E-state index is -3.69. The maximum Gasteiger partial charge on any atom is 0.299 e. The monoisotopic (exact) mass is 286 g/mol. The molecule has 0 fully saturated rings. The van der Waals surface area contributed by atoms with Crippen molar-refractivity contribution in [1.29, 1.82) is 0 Å². The first-order chi connectivity index (χ1) is 8.98. The van der Waals surface area contributed by atoms with Crippen LogP contribution in [-0.4, -0.2) is 26.7 Å². The third-order valence-electron chi connectivity index (χ3n) is 2.07. The van der Waals surface area contributed by atoms with E-state index >= 15 is 0 Å². The lowest BCUT2D eigenvalue weighted by atomic mass is 10.2. The van der Waals surface area contributed by atoms with E-state index in [1.165, 1.54) is 12.1 Å². The van der Waals surface area contributed by atoms with Crippen LogP contribution in [0.1, 0.15) is 18.9 Å². The van der Waals surface area contributed by atoms with Crippen LogP contribution in [0.5, 0.6) is 0 Å². The van der Waals surface area contributed by atoms with E-state index < -0.39 is 16.0 Å². The minimum Gasteiger partial charge on any atom is -0.384 e. The molecule has 19 heavy (non-hydrogen) atoms. The SMILES string of the molecule is CCCNS(=O)(=O)Nc1ccc(C#CCO)c(F)c1. The summed E-state index contributed by atoms with van der Waals surface area (Å²) < 4.78 is 41.1. The van der Waals surface area contributed by atoms with E-state index in [2.05, 4.69) is 21.3 Å². The zero-order valence-corrected chi connectivity index (χ0v) is 11.2. The lowest BCUT2D eigenvalue weighted by Crippen LogP contribution is -2.30. The maximum absolute atomic E-state index is 13.6. The fourth-order valence-electron chi connectivity index (χ4n) is 1.24. The molecule has 1 aromatic carbocycles. The Hall–Kier alpha value is -1.62. The molecule has 0 radical (unpaired) electrons. The fraction of sp³-hybridized carbons (Fsp3) is 0.333. The van der Waals surface area contributed by atoms with Crippen LogP contribution in [0.3, 0.4) is 0 Å². The van der Waals surface area contributed by atoms with Crippen LogP contribution in [0.2, 0.25) is 0 Å². The topological polar surface area (TPSA) is 78.4 Å². The highest BCUT2D eigenvalue weighted by Gasteiger charge is 2.09. The highest BCUT2D eigenvalue weighted by molar-refractivity contribution is 7.90. The van der Waals surface area contributed by atoms with Crippen LogP contribution in [-0.2, 0) is 10.2 Å². The lowest BCUT2D eigenvalue weighted by molar-refractivity contribution is 0.350. The molecule has 0 unspecified atom stereocenters. The van der Waals surface area contributed by atoms with E-state index in [9.17, 15) is 12.8 Å². The summed E-state index contributed by atoms with van der Waals surface area (Å²) in [6, 6.07) is 3.78. The summed E-state index contributed by atoms with van der Waals surface area (Å²) in [5.74, 6) is 4.08. The van der Waals surface area contributed by atoms with E-state index in [1.54, 1.807) is 0 Å². The molecule has 0 aliphatic rings. The van der Waals surface area contributed by atoms with Crippen molar-refractivity contribution < 1.29 is 17.9 Å². The summed E-state index contributed by atoms with van der Waals surface area (Å²) in [4.78, 5) is 0. The standard InChI is InChI=1S/C12H15FN2O3S/c1-2-7-14-19(17,18)15-11-6-5-10(4-3-8-16)12(13)9-11/h5-6,9,14-16H,2,7-8H2,1H3. The molecule has 1 aromatic rings. The van der Waals surface area contributed by atoms with E-state index in [0.717, 1.165) is 6.07 Å². The second-order valence-corrected chi connectivity index (χ2v) is 5.15. The van der Waals surface area contributed by atoms with Gasteiger partial charge in [-0.15, -0.1) is 0 Å². The van der Waals surface area contributed by atoms with Gasteiger partial charge in [-0.1, -0.05) is 18.8 Å². The Morgan fingerprint density at radius 1 is 1.42 bits per heavy atom. The fourth-order valence-corrected chi connectivity index (χ4v) is 2.22. The normalized spacial score (nSPS) is 10.7. The Bertz CT molecular complexity index is 591. The van der Waals surface area contributed by atoms with Gasteiger partial charge in [0.25, 0.3) is 10.2 Å². The van der Waals surface area contributed by atoms with Gasteiger partial charge < -0.3 is 5.11 Å². The molecule has 1 rings (SSSR count). The lowest BCUT2D eigenvalue weighted by Gasteiger charge is -2.08. The number of anilines is 1. The number of aliphatic hydroxyl groups is 1. The largest absolute Gasteiger partial charge is 0.384 e. The third-order valence-corrected chi connectivity index (χ3v) is 3.15. The van der Waals surface area contributed by atoms with Gasteiger partial charge in [-0.3, -0.25) is 4.72 Å². The summed E-state index contributed by atoms with van der Waals surface area (Å²) in [6.07, 6.45) is 0.658. The van der Waals surface area contributed by atoms with Gasteiger partial charge in [-0.2, -0.15) is 13.1 Å². The highest BCUT2D eigenvalue weighted by atomic mass is 32.2. The van der Waals surface area contributed by atoms with Crippen molar-refractivity contribution in [1.82, 2.24) is 4.72 Å². The smallest absolute Gasteiger partial charge is 0.299 e. The number of nitrogens with one attached hydrogen (secondary N) is 2. The maximum atomic E-state index is 13.6. The van der Waals surface area contributed by atoms with Crippen molar-refractivity contribution >= 4 is 15.9 Å². The van der Waals surface area contributed by atoms with E-state index in [4.69, 9.17) is 5.11 Å². The number of hydrogen-bond donors (Lipinski definition) is 3. The minimum absolute atomic E-state index is 0.0958. The van der Waals surface area contributed by atoms with E-state index in [-0.39, 0.29) is 17.9 Å². The van der Waals surface area contributed by atoms with Crippen LogP contribution in [0, 0.1) is 17.7 Å². The Kier molecular flexibility index (Phi) is 5.76. The number of halogens is 1. The number of hydrogen-bond acceptors (Lipinski definition) is 3. The first-order valence-electron chi connectivity index (χ1n) is 5.65. The van der Waals surface area contributed by atoms with Gasteiger partial charge in [0.05, 0.1) is 11.3 Å². The molecule has 104 valence electrons. The molecular formula is C12H15FN2O3S. The highest BCUT2D eigenvalue weighted by Crippen LogP contribution is 2.14. The molecule has 0 aliphatic carbocycles. The zero-order chi connectivity index (χ0) is 14.3. The quantitative estimate of drug-likeness (QED) is 0.701. The molecule has 0 amide bonds. The number of benzene rings is 1. The van der Waals surface area contributed by atoms with Crippen molar-refractivity contribution in [2.24, 2.45) is 0 Å². The predicted molar refractivity (Wildman–Crippen MR) is 71.2 cm³/mol. The summed E-state index contributed by atoms with van der Waals surface area (Å²) >= 11 is 0. The Morgan fingerprint density at radius 2 is 2.16 bits per heavy atom. The zero-order valence-electron chi connectivity index (χ0n) is 10.4. The molecule has 5 nitrogen and oxygen atoms in total. The average molecular weight is 286 g/mol. The van der Waals surface area contributed by atoms with Gasteiger partial charge in [-0.25, -0.2) is 4.39 Å². The van der Waals surface area contributed by atoms with Gasteiger partial charge >= 0.3 is 0 Å². The van der Waals surface area contributed by atoms with Gasteiger partial charge in [0.2, 0.25) is 0 Å². The van der Waals surface area contributed by atoms with Crippen molar-refractivity contribution in [3.05, 3.63) is 29.6 Å². The molecular weight excluding hydrogens is 271 g/mol. The van der Waals surface area contributed by atoms with Crippen molar-refractivity contribution in [3.63, 3.8) is 0 Å². The molecule has 0 saturated carbocycles. The predicted octanol–water partition coefficient (Wildman–Crippen LogP) is 0.826. The van der Waals surface area contributed by atoms with Crippen LogP contribution < -0.4 is 9.44 Å². The Balaban J connectivity index is 2.84. The van der Waals surface area contributed by atoms with Gasteiger partial charge in [-0.05, 0) is 24.6 Å². The Labute approximate surface area is 112 Å². The third kappa shape index (κ3) is 5.26. The summed E-state index contributed by atoms with van der Waals surface area (Å²) in [5, 5.41) is 8.51. The first kappa shape index (κ1) is 15.4. The van der Waals surface area contributed by atoms with E-state index in [0.29, 0.717) is 13.0 Å². The molecule has 0 aliphatic heterocycles. The van der Waals surface area contributed by atoms with Gasteiger partial charge in [0.15, 0.2) is 0 Å².